The molecule has 0 spiro atoms. The quantitative estimate of drug-likeness (QED) is 0.660. The van der Waals surface area contributed by atoms with Crippen LogP contribution < -0.4 is 4.90 Å². The molecule has 1 saturated heterocycles. The number of alkyl halides is 1. The Balaban J connectivity index is 1.35. The summed E-state index contributed by atoms with van der Waals surface area (Å²) in [6, 6.07) is 17.5. The predicted octanol–water partition coefficient (Wildman–Crippen LogP) is 5.33. The molecule has 3 aliphatic rings. The number of piperidine rings is 1. The lowest BCUT2D eigenvalue weighted by molar-refractivity contribution is 0.147. The number of rotatable bonds is 5. The highest BCUT2D eigenvalue weighted by Gasteiger charge is 2.39. The van der Waals surface area contributed by atoms with Crippen LogP contribution in [0.1, 0.15) is 30.4 Å². The van der Waals surface area contributed by atoms with E-state index in [2.05, 4.69) is 76.4 Å². The Morgan fingerprint density at radius 1 is 1.03 bits per heavy atom. The topological polar surface area (TPSA) is 9.72 Å². The first-order valence-corrected chi connectivity index (χ1v) is 11.5. The van der Waals surface area contributed by atoms with Crippen molar-refractivity contribution in [2.75, 3.05) is 31.1 Å². The molecule has 1 atom stereocenters. The minimum Gasteiger partial charge on any atom is -0.340 e. The van der Waals surface area contributed by atoms with Crippen molar-refractivity contribution in [2.45, 2.75) is 42.8 Å². The molecular formula is C24H28FN3S. The van der Waals surface area contributed by atoms with Crippen molar-refractivity contribution >= 4 is 23.1 Å². The van der Waals surface area contributed by atoms with Crippen molar-refractivity contribution < 1.29 is 4.39 Å². The van der Waals surface area contributed by atoms with Crippen LogP contribution >= 0.6 is 11.8 Å². The lowest BCUT2D eigenvalue weighted by Gasteiger charge is -2.32. The number of para-hydroxylation sites is 1. The number of halogens is 1. The minimum absolute atomic E-state index is 0.291. The number of aryl methyl sites for hydroxylation is 1. The van der Waals surface area contributed by atoms with Crippen LogP contribution in [-0.4, -0.2) is 47.6 Å². The highest BCUT2D eigenvalue weighted by atomic mass is 32.2. The Bertz CT molecular complexity index is 907. The molecule has 0 N–H and O–H groups in total. The van der Waals surface area contributed by atoms with E-state index in [4.69, 9.17) is 0 Å². The van der Waals surface area contributed by atoms with E-state index in [9.17, 15) is 4.39 Å². The maximum Gasteiger partial charge on any atom is 0.159 e. The van der Waals surface area contributed by atoms with Gasteiger partial charge in [-0.15, -0.1) is 0 Å². The van der Waals surface area contributed by atoms with E-state index in [1.807, 2.05) is 11.8 Å². The molecule has 152 valence electrons. The molecule has 29 heavy (non-hydrogen) atoms. The summed E-state index contributed by atoms with van der Waals surface area (Å²) in [6.07, 6.45) is 4.22. The Morgan fingerprint density at radius 3 is 2.69 bits per heavy atom. The summed E-state index contributed by atoms with van der Waals surface area (Å²) in [5, 5.41) is 0. The number of likely N-dealkylation sites (tertiary alicyclic amines) is 1. The lowest BCUT2D eigenvalue weighted by atomic mass is 10.1. The monoisotopic (exact) mass is 409 g/mol. The molecule has 3 heterocycles. The van der Waals surface area contributed by atoms with Gasteiger partial charge in [-0.3, -0.25) is 0 Å². The molecule has 0 bridgehead atoms. The van der Waals surface area contributed by atoms with Crippen molar-refractivity contribution in [3.63, 3.8) is 0 Å². The van der Waals surface area contributed by atoms with E-state index >= 15 is 0 Å². The summed E-state index contributed by atoms with van der Waals surface area (Å²) in [4.78, 5) is 8.76. The molecule has 0 radical (unpaired) electrons. The van der Waals surface area contributed by atoms with E-state index in [1.54, 1.807) is 0 Å². The molecule has 0 amide bonds. The van der Waals surface area contributed by atoms with Gasteiger partial charge in [0.05, 0.1) is 11.4 Å². The maximum absolute atomic E-state index is 13.4. The molecule has 2 aromatic carbocycles. The second kappa shape index (κ2) is 8.04. The zero-order chi connectivity index (χ0) is 19.8. The van der Waals surface area contributed by atoms with Crippen LogP contribution in [0.4, 0.5) is 10.1 Å². The van der Waals surface area contributed by atoms with E-state index in [-0.39, 0.29) is 0 Å². The highest BCUT2D eigenvalue weighted by molar-refractivity contribution is 8.00. The SMILES string of the molecule is Cc1cccc(C2=CN3c4ccccc4SC3N2CCCN2CCC(F)CC2)c1. The Morgan fingerprint density at radius 2 is 1.86 bits per heavy atom. The second-order valence-electron chi connectivity index (χ2n) is 8.27. The summed E-state index contributed by atoms with van der Waals surface area (Å²) in [7, 11) is 0. The molecule has 3 aliphatic heterocycles. The number of thioether (sulfide) groups is 1. The summed E-state index contributed by atoms with van der Waals surface area (Å²) >= 11 is 1.94. The van der Waals surface area contributed by atoms with Gasteiger partial charge in [0.2, 0.25) is 0 Å². The largest absolute Gasteiger partial charge is 0.340 e. The van der Waals surface area contributed by atoms with Gasteiger partial charge >= 0.3 is 0 Å². The van der Waals surface area contributed by atoms with Gasteiger partial charge < -0.3 is 14.7 Å². The van der Waals surface area contributed by atoms with E-state index in [0.717, 1.165) is 32.6 Å². The number of hydrogen-bond acceptors (Lipinski definition) is 4. The molecular weight excluding hydrogens is 381 g/mol. The number of anilines is 1. The smallest absolute Gasteiger partial charge is 0.159 e. The summed E-state index contributed by atoms with van der Waals surface area (Å²) < 4.78 is 13.4. The van der Waals surface area contributed by atoms with Gasteiger partial charge in [-0.1, -0.05) is 47.7 Å². The van der Waals surface area contributed by atoms with Gasteiger partial charge in [0.1, 0.15) is 6.17 Å². The van der Waals surface area contributed by atoms with Crippen LogP contribution in [0.3, 0.4) is 0 Å². The normalized spacial score (nSPS) is 22.0. The van der Waals surface area contributed by atoms with Crippen LogP contribution in [-0.2, 0) is 0 Å². The van der Waals surface area contributed by atoms with Gasteiger partial charge in [0.15, 0.2) is 5.50 Å². The zero-order valence-corrected chi connectivity index (χ0v) is 17.7. The molecule has 3 nitrogen and oxygen atoms in total. The molecule has 5 rings (SSSR count). The standard InChI is InChI=1S/C24H28FN3S/c1-18-6-4-7-19(16-18)22-17-28-21-8-2-3-9-23(21)29-24(28)27(22)13-5-12-26-14-10-20(25)11-15-26/h2-4,6-9,16-17,20,24H,5,10-15H2,1H3. The van der Waals surface area contributed by atoms with Gasteiger partial charge in [-0.05, 0) is 56.5 Å². The van der Waals surface area contributed by atoms with Crippen molar-refractivity contribution in [2.24, 2.45) is 0 Å². The Labute approximate surface area is 177 Å². The van der Waals surface area contributed by atoms with Crippen LogP contribution in [0.2, 0.25) is 0 Å². The Hall–Kier alpha value is -1.98. The van der Waals surface area contributed by atoms with Crippen molar-refractivity contribution in [3.8, 4) is 0 Å². The van der Waals surface area contributed by atoms with E-state index in [0.29, 0.717) is 18.3 Å². The number of hydrogen-bond donors (Lipinski definition) is 0. The molecule has 5 heteroatoms. The fourth-order valence-corrected chi connectivity index (χ4v) is 5.91. The summed E-state index contributed by atoms with van der Waals surface area (Å²) in [6.45, 7) is 6.02. The molecule has 0 aromatic heterocycles. The van der Waals surface area contributed by atoms with Crippen LogP contribution in [0.25, 0.3) is 5.70 Å². The number of nitrogens with zero attached hydrogens (tertiary/aromatic N) is 3. The summed E-state index contributed by atoms with van der Waals surface area (Å²) in [5.41, 5.74) is 5.48. The average molecular weight is 410 g/mol. The van der Waals surface area contributed by atoms with Crippen LogP contribution in [0.5, 0.6) is 0 Å². The molecule has 0 saturated carbocycles. The Kier molecular flexibility index (Phi) is 5.27. The average Bonchev–Trinajstić information content (AvgIpc) is 3.26. The molecule has 2 aromatic rings. The van der Waals surface area contributed by atoms with Crippen LogP contribution in [0, 0.1) is 6.92 Å². The molecule has 1 unspecified atom stereocenters. The second-order valence-corrected chi connectivity index (χ2v) is 9.36. The third kappa shape index (κ3) is 3.78. The molecule has 1 fully saturated rings. The summed E-state index contributed by atoms with van der Waals surface area (Å²) in [5.74, 6) is 0. The minimum atomic E-state index is -0.595. The fourth-order valence-electron chi connectivity index (χ4n) is 4.60. The first-order valence-electron chi connectivity index (χ1n) is 10.6. The zero-order valence-electron chi connectivity index (χ0n) is 16.9. The van der Waals surface area contributed by atoms with E-state index in [1.165, 1.54) is 27.4 Å². The van der Waals surface area contributed by atoms with Gasteiger partial charge in [0.25, 0.3) is 0 Å². The number of fused-ring (bicyclic) bond motifs is 3. The van der Waals surface area contributed by atoms with Gasteiger partial charge in [-0.25, -0.2) is 4.39 Å². The van der Waals surface area contributed by atoms with Crippen LogP contribution in [0.15, 0.2) is 59.6 Å². The van der Waals surface area contributed by atoms with Crippen molar-refractivity contribution in [1.29, 1.82) is 0 Å². The van der Waals surface area contributed by atoms with Gasteiger partial charge in [-0.2, -0.15) is 0 Å². The van der Waals surface area contributed by atoms with E-state index < -0.39 is 6.17 Å². The third-order valence-corrected chi connectivity index (χ3v) is 7.45. The first kappa shape index (κ1) is 19.0. The lowest BCUT2D eigenvalue weighted by Crippen LogP contribution is -2.38. The first-order chi connectivity index (χ1) is 14.2. The molecule has 0 aliphatic carbocycles. The van der Waals surface area contributed by atoms with Crippen molar-refractivity contribution in [1.82, 2.24) is 9.80 Å². The predicted molar refractivity (Wildman–Crippen MR) is 120 cm³/mol. The third-order valence-electron chi connectivity index (χ3n) is 6.16. The highest BCUT2D eigenvalue weighted by Crippen LogP contribution is 2.50. The van der Waals surface area contributed by atoms with Gasteiger partial charge in [0, 0.05) is 30.7 Å². The fraction of sp³-hybridized carbons (Fsp3) is 0.417. The van der Waals surface area contributed by atoms with Crippen molar-refractivity contribution in [3.05, 3.63) is 65.9 Å². The maximum atomic E-state index is 13.4. The number of benzene rings is 2.